The molecule has 0 atom stereocenters. The van der Waals surface area contributed by atoms with Crippen LogP contribution in [-0.2, 0) is 9.53 Å². The molecular formula is C8H18N2O2. The molecule has 72 valence electrons. The highest BCUT2D eigenvalue weighted by Gasteiger charge is 1.92. The van der Waals surface area contributed by atoms with Gasteiger partial charge in [-0.1, -0.05) is 0 Å². The molecule has 4 heteroatoms. The zero-order valence-electron chi connectivity index (χ0n) is 7.64. The van der Waals surface area contributed by atoms with Crippen molar-refractivity contribution in [2.45, 2.75) is 19.3 Å². The van der Waals surface area contributed by atoms with Crippen LogP contribution in [0.3, 0.4) is 0 Å². The SMILES string of the molecule is COCCCCNCCC(N)=O. The summed E-state index contributed by atoms with van der Waals surface area (Å²) in [4.78, 5) is 10.3. The van der Waals surface area contributed by atoms with E-state index in [0.29, 0.717) is 13.0 Å². The number of nitrogens with one attached hydrogen (secondary N) is 1. The molecule has 0 aliphatic carbocycles. The molecule has 12 heavy (non-hydrogen) atoms. The zero-order chi connectivity index (χ0) is 9.23. The zero-order valence-corrected chi connectivity index (χ0v) is 7.64. The molecule has 3 N–H and O–H groups in total. The van der Waals surface area contributed by atoms with E-state index in [9.17, 15) is 4.79 Å². The van der Waals surface area contributed by atoms with Crippen molar-refractivity contribution >= 4 is 5.91 Å². The van der Waals surface area contributed by atoms with Crippen molar-refractivity contribution in [2.75, 3.05) is 26.8 Å². The van der Waals surface area contributed by atoms with Gasteiger partial charge in [0.05, 0.1) is 0 Å². The van der Waals surface area contributed by atoms with Crippen LogP contribution in [0.1, 0.15) is 19.3 Å². The van der Waals surface area contributed by atoms with Crippen LogP contribution in [0.15, 0.2) is 0 Å². The van der Waals surface area contributed by atoms with Crippen LogP contribution in [0, 0.1) is 0 Å². The third-order valence-corrected chi connectivity index (χ3v) is 1.50. The van der Waals surface area contributed by atoms with E-state index in [1.807, 2.05) is 0 Å². The molecule has 0 aromatic rings. The molecule has 0 heterocycles. The monoisotopic (exact) mass is 174 g/mol. The maximum absolute atomic E-state index is 10.3. The maximum Gasteiger partial charge on any atom is 0.218 e. The number of amides is 1. The van der Waals surface area contributed by atoms with Gasteiger partial charge in [0.15, 0.2) is 0 Å². The maximum atomic E-state index is 10.3. The first-order valence-electron chi connectivity index (χ1n) is 4.25. The molecule has 0 aliphatic heterocycles. The molecule has 1 amide bonds. The topological polar surface area (TPSA) is 64.3 Å². The van der Waals surface area contributed by atoms with Crippen LogP contribution in [0.5, 0.6) is 0 Å². The molecule has 0 radical (unpaired) electrons. The van der Waals surface area contributed by atoms with Crippen LogP contribution in [0.25, 0.3) is 0 Å². The average molecular weight is 174 g/mol. The first-order chi connectivity index (χ1) is 5.77. The van der Waals surface area contributed by atoms with Crippen LogP contribution in [-0.4, -0.2) is 32.7 Å². The second-order valence-corrected chi connectivity index (χ2v) is 2.67. The first-order valence-corrected chi connectivity index (χ1v) is 4.25. The van der Waals surface area contributed by atoms with Crippen molar-refractivity contribution in [3.05, 3.63) is 0 Å². The summed E-state index contributed by atoms with van der Waals surface area (Å²) in [6, 6.07) is 0. The molecule has 0 aliphatic rings. The molecule has 0 spiro atoms. The number of methoxy groups -OCH3 is 1. The van der Waals surface area contributed by atoms with Gasteiger partial charge in [-0.2, -0.15) is 0 Å². The van der Waals surface area contributed by atoms with E-state index in [2.05, 4.69) is 5.32 Å². The fourth-order valence-corrected chi connectivity index (χ4v) is 0.833. The Morgan fingerprint density at radius 3 is 2.75 bits per heavy atom. The standard InChI is InChI=1S/C8H18N2O2/c1-12-7-3-2-5-10-6-4-8(9)11/h10H,2-7H2,1H3,(H2,9,11). The Morgan fingerprint density at radius 2 is 2.17 bits per heavy atom. The number of unbranched alkanes of at least 4 members (excludes halogenated alkanes) is 1. The van der Waals surface area contributed by atoms with Crippen molar-refractivity contribution in [1.82, 2.24) is 5.32 Å². The fraction of sp³-hybridized carbons (Fsp3) is 0.875. The Balaban J connectivity index is 2.86. The van der Waals surface area contributed by atoms with Crippen LogP contribution in [0.4, 0.5) is 0 Å². The van der Waals surface area contributed by atoms with E-state index in [1.165, 1.54) is 0 Å². The van der Waals surface area contributed by atoms with Crippen molar-refractivity contribution in [3.8, 4) is 0 Å². The summed E-state index contributed by atoms with van der Waals surface area (Å²) in [5.41, 5.74) is 4.96. The quantitative estimate of drug-likeness (QED) is 0.504. The Kier molecular flexibility index (Phi) is 8.05. The lowest BCUT2D eigenvalue weighted by Gasteiger charge is -2.02. The van der Waals surface area contributed by atoms with Gasteiger partial charge in [-0.25, -0.2) is 0 Å². The van der Waals surface area contributed by atoms with Gasteiger partial charge >= 0.3 is 0 Å². The highest BCUT2D eigenvalue weighted by atomic mass is 16.5. The number of carbonyl (C=O) groups is 1. The van der Waals surface area contributed by atoms with Gasteiger partial charge < -0.3 is 15.8 Å². The smallest absolute Gasteiger partial charge is 0.218 e. The normalized spacial score (nSPS) is 10.1. The fourth-order valence-electron chi connectivity index (χ4n) is 0.833. The molecule has 0 aromatic carbocycles. The Hall–Kier alpha value is -0.610. The summed E-state index contributed by atoms with van der Waals surface area (Å²) in [6.07, 6.45) is 2.55. The number of primary amides is 1. The lowest BCUT2D eigenvalue weighted by atomic mass is 10.3. The van der Waals surface area contributed by atoms with E-state index in [0.717, 1.165) is 26.0 Å². The van der Waals surface area contributed by atoms with Crippen LogP contribution in [0.2, 0.25) is 0 Å². The van der Waals surface area contributed by atoms with Gasteiger partial charge in [-0.3, -0.25) is 4.79 Å². The van der Waals surface area contributed by atoms with Crippen LogP contribution >= 0.6 is 0 Å². The lowest BCUT2D eigenvalue weighted by Crippen LogP contribution is -2.22. The van der Waals surface area contributed by atoms with Crippen LogP contribution < -0.4 is 11.1 Å². The summed E-state index contributed by atoms with van der Waals surface area (Å²) >= 11 is 0. The molecule has 0 unspecified atom stereocenters. The molecule has 0 saturated carbocycles. The van der Waals surface area contributed by atoms with Crippen molar-refractivity contribution in [3.63, 3.8) is 0 Å². The number of ether oxygens (including phenoxy) is 1. The van der Waals surface area contributed by atoms with Gasteiger partial charge in [0, 0.05) is 26.7 Å². The molecule has 0 aromatic heterocycles. The second-order valence-electron chi connectivity index (χ2n) is 2.67. The van der Waals surface area contributed by atoms with Gasteiger partial charge in [-0.05, 0) is 19.4 Å². The minimum Gasteiger partial charge on any atom is -0.385 e. The number of nitrogens with two attached hydrogens (primary N) is 1. The predicted molar refractivity (Wildman–Crippen MR) is 47.8 cm³/mol. The number of hydrogen-bond donors (Lipinski definition) is 2. The molecular weight excluding hydrogens is 156 g/mol. The van der Waals surface area contributed by atoms with Crippen molar-refractivity contribution in [1.29, 1.82) is 0 Å². The second kappa shape index (κ2) is 8.49. The third-order valence-electron chi connectivity index (χ3n) is 1.50. The number of carbonyl (C=O) groups excluding carboxylic acids is 1. The summed E-state index contributed by atoms with van der Waals surface area (Å²) in [7, 11) is 1.69. The average Bonchev–Trinajstić information content (AvgIpc) is 2.02. The minimum atomic E-state index is -0.251. The summed E-state index contributed by atoms with van der Waals surface area (Å²) in [5, 5.41) is 3.12. The highest BCUT2D eigenvalue weighted by molar-refractivity contribution is 5.73. The van der Waals surface area contributed by atoms with Gasteiger partial charge in [0.1, 0.15) is 0 Å². The molecule has 0 fully saturated rings. The molecule has 0 rings (SSSR count). The van der Waals surface area contributed by atoms with E-state index >= 15 is 0 Å². The first kappa shape index (κ1) is 11.4. The largest absolute Gasteiger partial charge is 0.385 e. The lowest BCUT2D eigenvalue weighted by molar-refractivity contribution is -0.117. The van der Waals surface area contributed by atoms with Gasteiger partial charge in [0.2, 0.25) is 5.91 Å². The highest BCUT2D eigenvalue weighted by Crippen LogP contribution is 1.86. The minimum absolute atomic E-state index is 0.251. The van der Waals surface area contributed by atoms with E-state index in [-0.39, 0.29) is 5.91 Å². The third kappa shape index (κ3) is 9.39. The molecule has 0 bridgehead atoms. The van der Waals surface area contributed by atoms with E-state index in [1.54, 1.807) is 7.11 Å². The number of rotatable bonds is 8. The predicted octanol–water partition coefficient (Wildman–Crippen LogP) is -0.122. The van der Waals surface area contributed by atoms with Gasteiger partial charge in [-0.15, -0.1) is 0 Å². The molecule has 4 nitrogen and oxygen atoms in total. The van der Waals surface area contributed by atoms with Crippen molar-refractivity contribution < 1.29 is 9.53 Å². The van der Waals surface area contributed by atoms with E-state index in [4.69, 9.17) is 10.5 Å². The Morgan fingerprint density at radius 1 is 1.42 bits per heavy atom. The van der Waals surface area contributed by atoms with Gasteiger partial charge in [0.25, 0.3) is 0 Å². The van der Waals surface area contributed by atoms with Crippen molar-refractivity contribution in [2.24, 2.45) is 5.73 Å². The van der Waals surface area contributed by atoms with E-state index < -0.39 is 0 Å². The molecule has 0 saturated heterocycles. The summed E-state index contributed by atoms with van der Waals surface area (Å²) in [5.74, 6) is -0.251. The Bertz CT molecular complexity index is 118. The Labute approximate surface area is 73.5 Å². The summed E-state index contributed by atoms with van der Waals surface area (Å²) in [6.45, 7) is 2.41. The summed E-state index contributed by atoms with van der Waals surface area (Å²) < 4.78 is 4.88. The number of hydrogen-bond acceptors (Lipinski definition) is 3.